The highest BCUT2D eigenvalue weighted by atomic mass is 16.3. The average Bonchev–Trinajstić information content (AvgIpc) is 2.82. The van der Waals surface area contributed by atoms with Gasteiger partial charge in [-0.1, -0.05) is 13.0 Å². The van der Waals surface area contributed by atoms with E-state index in [0.717, 1.165) is 56.0 Å². The third-order valence-corrected chi connectivity index (χ3v) is 3.36. The van der Waals surface area contributed by atoms with Gasteiger partial charge in [-0.3, -0.25) is 0 Å². The van der Waals surface area contributed by atoms with E-state index in [9.17, 15) is 0 Å². The smallest absolute Gasteiger partial charge is 0.195 e. The minimum Gasteiger partial charge on any atom is -0.441 e. The molecule has 1 aliphatic heterocycles. The summed E-state index contributed by atoms with van der Waals surface area (Å²) in [6.45, 7) is 6.29. The molecule has 4 heteroatoms. The number of piperazine rings is 1. The second-order valence-electron chi connectivity index (χ2n) is 4.72. The minimum absolute atomic E-state index is 0.857. The molecule has 0 saturated carbocycles. The molecule has 18 heavy (non-hydrogen) atoms. The van der Waals surface area contributed by atoms with E-state index in [1.807, 2.05) is 6.07 Å². The number of benzene rings is 1. The molecule has 1 aromatic heterocycles. The van der Waals surface area contributed by atoms with E-state index in [4.69, 9.17) is 4.42 Å². The lowest BCUT2D eigenvalue weighted by Gasteiger charge is -2.29. The SMILES string of the molecule is CCCc1nc2c(N3CCNCC3)cccc2o1. The Bertz CT molecular complexity index is 529. The van der Waals surface area contributed by atoms with Crippen molar-refractivity contribution in [2.75, 3.05) is 31.1 Å². The molecular weight excluding hydrogens is 226 g/mol. The van der Waals surface area contributed by atoms with Crippen molar-refractivity contribution in [1.29, 1.82) is 0 Å². The number of fused-ring (bicyclic) bond motifs is 1. The molecule has 3 rings (SSSR count). The molecule has 0 amide bonds. The zero-order valence-corrected chi connectivity index (χ0v) is 10.8. The molecule has 0 aliphatic carbocycles. The number of oxazole rings is 1. The van der Waals surface area contributed by atoms with E-state index >= 15 is 0 Å². The largest absolute Gasteiger partial charge is 0.441 e. The Balaban J connectivity index is 1.99. The minimum atomic E-state index is 0.857. The lowest BCUT2D eigenvalue weighted by molar-refractivity contribution is 0.525. The van der Waals surface area contributed by atoms with Gasteiger partial charge in [0, 0.05) is 32.6 Å². The van der Waals surface area contributed by atoms with E-state index in [0.29, 0.717) is 0 Å². The van der Waals surface area contributed by atoms with Crippen molar-refractivity contribution in [2.24, 2.45) is 0 Å². The van der Waals surface area contributed by atoms with Gasteiger partial charge in [0.15, 0.2) is 11.5 Å². The maximum Gasteiger partial charge on any atom is 0.195 e. The Morgan fingerprint density at radius 3 is 2.94 bits per heavy atom. The summed E-state index contributed by atoms with van der Waals surface area (Å²) in [6.07, 6.45) is 1.98. The first-order valence-corrected chi connectivity index (χ1v) is 6.72. The van der Waals surface area contributed by atoms with Gasteiger partial charge in [-0.05, 0) is 18.6 Å². The molecule has 0 bridgehead atoms. The fourth-order valence-electron chi connectivity index (χ4n) is 2.46. The lowest BCUT2D eigenvalue weighted by Crippen LogP contribution is -2.43. The predicted molar refractivity (Wildman–Crippen MR) is 73.1 cm³/mol. The summed E-state index contributed by atoms with van der Waals surface area (Å²) < 4.78 is 5.79. The van der Waals surface area contributed by atoms with Crippen molar-refractivity contribution in [2.45, 2.75) is 19.8 Å². The normalized spacial score (nSPS) is 16.4. The van der Waals surface area contributed by atoms with Crippen molar-refractivity contribution >= 4 is 16.8 Å². The van der Waals surface area contributed by atoms with Crippen molar-refractivity contribution in [1.82, 2.24) is 10.3 Å². The second kappa shape index (κ2) is 4.98. The zero-order chi connectivity index (χ0) is 12.4. The molecule has 0 atom stereocenters. The van der Waals surface area contributed by atoms with Gasteiger partial charge in [-0.25, -0.2) is 4.98 Å². The van der Waals surface area contributed by atoms with Gasteiger partial charge in [0.2, 0.25) is 0 Å². The van der Waals surface area contributed by atoms with Crippen molar-refractivity contribution in [3.05, 3.63) is 24.1 Å². The molecule has 2 heterocycles. The Morgan fingerprint density at radius 1 is 1.33 bits per heavy atom. The maximum absolute atomic E-state index is 5.79. The van der Waals surface area contributed by atoms with Crippen LogP contribution in [0.5, 0.6) is 0 Å². The van der Waals surface area contributed by atoms with Crippen molar-refractivity contribution in [3.8, 4) is 0 Å². The number of hydrogen-bond donors (Lipinski definition) is 1. The summed E-state index contributed by atoms with van der Waals surface area (Å²) in [7, 11) is 0. The monoisotopic (exact) mass is 245 g/mol. The predicted octanol–water partition coefficient (Wildman–Crippen LogP) is 2.19. The highest BCUT2D eigenvalue weighted by molar-refractivity contribution is 5.87. The van der Waals surface area contributed by atoms with Crippen LogP contribution >= 0.6 is 0 Å². The lowest BCUT2D eigenvalue weighted by atomic mass is 10.2. The molecule has 4 nitrogen and oxygen atoms in total. The molecule has 96 valence electrons. The highest BCUT2D eigenvalue weighted by Crippen LogP contribution is 2.27. The van der Waals surface area contributed by atoms with Crippen LogP contribution < -0.4 is 10.2 Å². The topological polar surface area (TPSA) is 41.3 Å². The maximum atomic E-state index is 5.79. The third-order valence-electron chi connectivity index (χ3n) is 3.36. The van der Waals surface area contributed by atoms with Gasteiger partial charge in [-0.2, -0.15) is 0 Å². The fourth-order valence-corrected chi connectivity index (χ4v) is 2.46. The Morgan fingerprint density at radius 2 is 2.17 bits per heavy atom. The molecular formula is C14H19N3O. The van der Waals surface area contributed by atoms with Crippen LogP contribution in [0.4, 0.5) is 5.69 Å². The number of nitrogens with one attached hydrogen (secondary N) is 1. The van der Waals surface area contributed by atoms with Crippen LogP contribution in [-0.4, -0.2) is 31.2 Å². The van der Waals surface area contributed by atoms with Gasteiger partial charge in [0.25, 0.3) is 0 Å². The van der Waals surface area contributed by atoms with Crippen molar-refractivity contribution in [3.63, 3.8) is 0 Å². The average molecular weight is 245 g/mol. The molecule has 2 aromatic rings. The number of anilines is 1. The molecule has 0 radical (unpaired) electrons. The molecule has 0 spiro atoms. The van der Waals surface area contributed by atoms with Crippen LogP contribution in [-0.2, 0) is 6.42 Å². The van der Waals surface area contributed by atoms with E-state index in [2.05, 4.69) is 34.3 Å². The van der Waals surface area contributed by atoms with Crippen LogP contribution in [0, 0.1) is 0 Å². The number of rotatable bonds is 3. The first kappa shape index (κ1) is 11.5. The van der Waals surface area contributed by atoms with Crippen LogP contribution in [0.3, 0.4) is 0 Å². The summed E-state index contributed by atoms with van der Waals surface area (Å²) in [5, 5.41) is 3.37. The molecule has 0 unspecified atom stereocenters. The second-order valence-corrected chi connectivity index (χ2v) is 4.72. The highest BCUT2D eigenvalue weighted by Gasteiger charge is 2.16. The number of aromatic nitrogens is 1. The number of para-hydroxylation sites is 1. The third kappa shape index (κ3) is 2.08. The van der Waals surface area contributed by atoms with E-state index < -0.39 is 0 Å². The molecule has 1 saturated heterocycles. The van der Waals surface area contributed by atoms with E-state index in [1.54, 1.807) is 0 Å². The van der Waals surface area contributed by atoms with E-state index in [-0.39, 0.29) is 0 Å². The molecule has 1 N–H and O–H groups in total. The first-order valence-electron chi connectivity index (χ1n) is 6.72. The summed E-state index contributed by atoms with van der Waals surface area (Å²) in [6, 6.07) is 6.21. The van der Waals surface area contributed by atoms with Crippen molar-refractivity contribution < 1.29 is 4.42 Å². The van der Waals surface area contributed by atoms with Crippen LogP contribution in [0.15, 0.2) is 22.6 Å². The van der Waals surface area contributed by atoms with Gasteiger partial charge < -0.3 is 14.6 Å². The summed E-state index contributed by atoms with van der Waals surface area (Å²) in [5.41, 5.74) is 3.14. The van der Waals surface area contributed by atoms with Gasteiger partial charge in [0.1, 0.15) is 5.52 Å². The molecule has 1 aromatic carbocycles. The quantitative estimate of drug-likeness (QED) is 0.900. The summed E-state index contributed by atoms with van der Waals surface area (Å²) in [4.78, 5) is 7.03. The number of nitrogens with zero attached hydrogens (tertiary/aromatic N) is 2. The molecule has 1 aliphatic rings. The summed E-state index contributed by atoms with van der Waals surface area (Å²) >= 11 is 0. The fraction of sp³-hybridized carbons (Fsp3) is 0.500. The summed E-state index contributed by atoms with van der Waals surface area (Å²) in [5.74, 6) is 0.857. The standard InChI is InChI=1S/C14H19N3O/c1-2-4-13-16-14-11(5-3-6-12(14)18-13)17-9-7-15-8-10-17/h3,5-6,15H,2,4,7-10H2,1H3. The molecule has 1 fully saturated rings. The zero-order valence-electron chi connectivity index (χ0n) is 10.8. The van der Waals surface area contributed by atoms with Crippen LogP contribution in [0.2, 0.25) is 0 Å². The Labute approximate surface area is 107 Å². The number of hydrogen-bond acceptors (Lipinski definition) is 4. The Kier molecular flexibility index (Phi) is 3.19. The van der Waals surface area contributed by atoms with Gasteiger partial charge >= 0.3 is 0 Å². The Hall–Kier alpha value is -1.55. The van der Waals surface area contributed by atoms with Gasteiger partial charge in [-0.15, -0.1) is 0 Å². The van der Waals surface area contributed by atoms with Gasteiger partial charge in [0.05, 0.1) is 5.69 Å². The first-order chi connectivity index (χ1) is 8.88. The van der Waals surface area contributed by atoms with Crippen LogP contribution in [0.1, 0.15) is 19.2 Å². The van der Waals surface area contributed by atoms with Crippen LogP contribution in [0.25, 0.3) is 11.1 Å². The number of aryl methyl sites for hydroxylation is 1. The van der Waals surface area contributed by atoms with E-state index in [1.165, 1.54) is 5.69 Å².